The van der Waals surface area contributed by atoms with Crippen molar-refractivity contribution in [3.8, 4) is 0 Å². The Kier molecular flexibility index (Phi) is 3.19. The standard InChI is InChI=1S/C10H11NO2.C5H6O3/c1-11-9(12)7-5-2-3-6(4-5)8(7)10(11)13;1-3-2-4(6)8-5(3)7/h2-3,5-8H,4H2,1H3;3H,2H2,1H3. The smallest absolute Gasteiger partial charge is 0.316 e. The van der Waals surface area contributed by atoms with E-state index >= 15 is 0 Å². The highest BCUT2D eigenvalue weighted by atomic mass is 16.6. The molecule has 0 radical (unpaired) electrons. The summed E-state index contributed by atoms with van der Waals surface area (Å²) in [6, 6.07) is 0. The molecule has 4 rings (SSSR count). The Bertz CT molecular complexity index is 536. The SMILES string of the molecule is CC1CC(=O)OC1=O.CN1C(=O)C2C3C=CC(C3)C2C1=O. The number of fused-ring (bicyclic) bond motifs is 5. The Morgan fingerprint density at radius 1 is 1.05 bits per heavy atom. The second-order valence-corrected chi connectivity index (χ2v) is 6.13. The maximum atomic E-state index is 11.7. The molecule has 2 aliphatic heterocycles. The molecule has 21 heavy (non-hydrogen) atoms. The number of carbonyl (C=O) groups excluding carboxylic acids is 4. The summed E-state index contributed by atoms with van der Waals surface area (Å²) in [7, 11) is 1.60. The fourth-order valence-corrected chi connectivity index (χ4v) is 3.64. The van der Waals surface area contributed by atoms with Crippen LogP contribution in [0.15, 0.2) is 12.2 Å². The topological polar surface area (TPSA) is 80.8 Å². The number of likely N-dealkylation sites (tertiary alicyclic amines) is 1. The van der Waals surface area contributed by atoms with Crippen LogP contribution in [0.25, 0.3) is 0 Å². The zero-order valence-electron chi connectivity index (χ0n) is 11.9. The van der Waals surface area contributed by atoms with E-state index in [4.69, 9.17) is 0 Å². The van der Waals surface area contributed by atoms with Gasteiger partial charge in [-0.05, 0) is 18.3 Å². The van der Waals surface area contributed by atoms with Crippen LogP contribution in [0.1, 0.15) is 19.8 Å². The van der Waals surface area contributed by atoms with Crippen molar-refractivity contribution >= 4 is 23.8 Å². The average Bonchev–Trinajstić information content (AvgIpc) is 3.15. The molecule has 4 aliphatic rings. The molecule has 1 saturated carbocycles. The second kappa shape index (κ2) is 4.79. The van der Waals surface area contributed by atoms with Gasteiger partial charge in [-0.25, -0.2) is 0 Å². The van der Waals surface area contributed by atoms with Crippen LogP contribution in [-0.4, -0.2) is 35.7 Å². The second-order valence-electron chi connectivity index (χ2n) is 6.13. The van der Waals surface area contributed by atoms with E-state index in [0.29, 0.717) is 11.8 Å². The summed E-state index contributed by atoms with van der Waals surface area (Å²) < 4.78 is 4.20. The number of carbonyl (C=O) groups is 4. The molecule has 6 nitrogen and oxygen atoms in total. The number of nitrogens with zero attached hydrogens (tertiary/aromatic N) is 1. The predicted molar refractivity (Wildman–Crippen MR) is 70.4 cm³/mol. The molecule has 3 fully saturated rings. The van der Waals surface area contributed by atoms with Crippen LogP contribution in [0.2, 0.25) is 0 Å². The van der Waals surface area contributed by atoms with E-state index in [2.05, 4.69) is 16.9 Å². The summed E-state index contributed by atoms with van der Waals surface area (Å²) in [6.45, 7) is 1.67. The zero-order chi connectivity index (χ0) is 15.3. The largest absolute Gasteiger partial charge is 0.393 e. The quantitative estimate of drug-likeness (QED) is 0.281. The number of amides is 2. The summed E-state index contributed by atoms with van der Waals surface area (Å²) in [6.07, 6.45) is 5.48. The van der Waals surface area contributed by atoms with E-state index in [9.17, 15) is 19.2 Å². The number of cyclic esters (lactones) is 2. The number of esters is 2. The van der Waals surface area contributed by atoms with Crippen LogP contribution in [-0.2, 0) is 23.9 Å². The summed E-state index contributed by atoms with van der Waals surface area (Å²) in [5.74, 6) is -0.300. The van der Waals surface area contributed by atoms with Gasteiger partial charge in [-0.2, -0.15) is 0 Å². The molecule has 2 aliphatic carbocycles. The van der Waals surface area contributed by atoms with E-state index in [-0.39, 0.29) is 36.0 Å². The highest BCUT2D eigenvalue weighted by molar-refractivity contribution is 6.06. The minimum Gasteiger partial charge on any atom is -0.393 e. The Hall–Kier alpha value is -1.98. The lowest BCUT2D eigenvalue weighted by Crippen LogP contribution is -2.28. The van der Waals surface area contributed by atoms with Crippen LogP contribution in [0, 0.1) is 29.6 Å². The van der Waals surface area contributed by atoms with Crippen molar-refractivity contribution in [2.45, 2.75) is 19.8 Å². The van der Waals surface area contributed by atoms with Crippen molar-refractivity contribution in [3.05, 3.63) is 12.2 Å². The van der Waals surface area contributed by atoms with Crippen LogP contribution >= 0.6 is 0 Å². The van der Waals surface area contributed by atoms with Crippen molar-refractivity contribution in [3.63, 3.8) is 0 Å². The normalized spacial score (nSPS) is 39.5. The first-order valence-corrected chi connectivity index (χ1v) is 7.14. The molecule has 2 bridgehead atoms. The van der Waals surface area contributed by atoms with E-state index in [1.807, 2.05) is 0 Å². The molecule has 2 saturated heterocycles. The van der Waals surface area contributed by atoms with Gasteiger partial charge in [-0.1, -0.05) is 19.1 Å². The van der Waals surface area contributed by atoms with Gasteiger partial charge in [0.2, 0.25) is 11.8 Å². The molecule has 0 spiro atoms. The van der Waals surface area contributed by atoms with Crippen LogP contribution < -0.4 is 0 Å². The Morgan fingerprint density at radius 3 is 1.90 bits per heavy atom. The third-order valence-corrected chi connectivity index (χ3v) is 4.78. The first kappa shape index (κ1) is 14.0. The van der Waals surface area contributed by atoms with Gasteiger partial charge >= 0.3 is 11.9 Å². The van der Waals surface area contributed by atoms with Crippen LogP contribution in [0.5, 0.6) is 0 Å². The fourth-order valence-electron chi connectivity index (χ4n) is 3.64. The van der Waals surface area contributed by atoms with Crippen LogP contribution in [0.3, 0.4) is 0 Å². The first-order valence-electron chi connectivity index (χ1n) is 7.14. The number of ether oxygens (including phenoxy) is 1. The third kappa shape index (κ3) is 2.09. The van der Waals surface area contributed by atoms with Gasteiger partial charge in [-0.15, -0.1) is 0 Å². The lowest BCUT2D eigenvalue weighted by atomic mass is 9.85. The molecule has 6 heteroatoms. The first-order chi connectivity index (χ1) is 9.90. The summed E-state index contributed by atoms with van der Waals surface area (Å²) in [4.78, 5) is 45.2. The van der Waals surface area contributed by atoms with E-state index in [1.54, 1.807) is 14.0 Å². The van der Waals surface area contributed by atoms with Crippen molar-refractivity contribution in [1.29, 1.82) is 0 Å². The Labute approximate surface area is 122 Å². The minimum absolute atomic E-state index is 0.0208. The number of imide groups is 1. The molecule has 2 heterocycles. The zero-order valence-corrected chi connectivity index (χ0v) is 11.9. The monoisotopic (exact) mass is 291 g/mol. The number of hydrogen-bond acceptors (Lipinski definition) is 5. The average molecular weight is 291 g/mol. The van der Waals surface area contributed by atoms with Gasteiger partial charge in [0.1, 0.15) is 0 Å². The van der Waals surface area contributed by atoms with Crippen LogP contribution in [0.4, 0.5) is 0 Å². The van der Waals surface area contributed by atoms with Crippen molar-refractivity contribution < 1.29 is 23.9 Å². The Morgan fingerprint density at radius 2 is 1.57 bits per heavy atom. The molecule has 5 atom stereocenters. The van der Waals surface area contributed by atoms with Gasteiger partial charge in [-0.3, -0.25) is 24.1 Å². The molecule has 0 aromatic heterocycles. The summed E-state index contributed by atoms with van der Waals surface area (Å²) in [5, 5.41) is 0. The Balaban J connectivity index is 0.000000143. The van der Waals surface area contributed by atoms with E-state index < -0.39 is 11.9 Å². The van der Waals surface area contributed by atoms with Gasteiger partial charge in [0.05, 0.1) is 24.2 Å². The van der Waals surface area contributed by atoms with Gasteiger partial charge in [0, 0.05) is 7.05 Å². The van der Waals surface area contributed by atoms with E-state index in [1.165, 1.54) is 4.90 Å². The molecule has 0 aromatic carbocycles. The maximum absolute atomic E-state index is 11.7. The van der Waals surface area contributed by atoms with Gasteiger partial charge in [0.25, 0.3) is 0 Å². The highest BCUT2D eigenvalue weighted by Gasteiger charge is 2.58. The van der Waals surface area contributed by atoms with Crippen molar-refractivity contribution in [2.24, 2.45) is 29.6 Å². The lowest BCUT2D eigenvalue weighted by Gasteiger charge is -2.14. The van der Waals surface area contributed by atoms with Gasteiger partial charge in [0.15, 0.2) is 0 Å². The maximum Gasteiger partial charge on any atom is 0.316 e. The van der Waals surface area contributed by atoms with Crippen molar-refractivity contribution in [2.75, 3.05) is 7.05 Å². The number of allylic oxidation sites excluding steroid dienone is 2. The third-order valence-electron chi connectivity index (χ3n) is 4.78. The van der Waals surface area contributed by atoms with Gasteiger partial charge < -0.3 is 4.74 Å². The number of rotatable bonds is 0. The lowest BCUT2D eigenvalue weighted by molar-refractivity contribution is -0.153. The van der Waals surface area contributed by atoms with E-state index in [0.717, 1.165) is 6.42 Å². The highest BCUT2D eigenvalue weighted by Crippen LogP contribution is 2.52. The molecular weight excluding hydrogens is 274 g/mol. The molecule has 5 unspecified atom stereocenters. The molecule has 0 aromatic rings. The fraction of sp³-hybridized carbons (Fsp3) is 0.600. The molecule has 0 N–H and O–H groups in total. The summed E-state index contributed by atoms with van der Waals surface area (Å²) >= 11 is 0. The van der Waals surface area contributed by atoms with Crippen molar-refractivity contribution in [1.82, 2.24) is 4.90 Å². The predicted octanol–water partition coefficient (Wildman–Crippen LogP) is 0.519. The molecule has 2 amide bonds. The molecular formula is C15H17NO5. The minimum atomic E-state index is -0.400. The molecule has 112 valence electrons. The number of hydrogen-bond donors (Lipinski definition) is 0. The summed E-state index contributed by atoms with van der Waals surface area (Å²) in [5.41, 5.74) is 0.